The fourth-order valence-corrected chi connectivity index (χ4v) is 1.74. The molecule has 0 radical (unpaired) electrons. The van der Waals surface area contributed by atoms with Crippen molar-refractivity contribution in [2.45, 2.75) is 6.42 Å². The van der Waals surface area contributed by atoms with Gasteiger partial charge in [-0.15, -0.1) is 0 Å². The van der Waals surface area contributed by atoms with Gasteiger partial charge in [0.15, 0.2) is 0 Å². The second kappa shape index (κ2) is 1.57. The molecular weight excluding hydrogens is 134 g/mol. The second-order valence-electron chi connectivity index (χ2n) is 1.98. The molecule has 9 heavy (non-hydrogen) atoms. The molecule has 1 aromatic heterocycles. The van der Waals surface area contributed by atoms with Crippen molar-refractivity contribution in [3.05, 3.63) is 26.9 Å². The van der Waals surface area contributed by atoms with E-state index < -0.39 is 0 Å². The van der Waals surface area contributed by atoms with Crippen molar-refractivity contribution in [2.75, 3.05) is 0 Å². The lowest BCUT2D eigenvalue weighted by molar-refractivity contribution is 1.24. The van der Waals surface area contributed by atoms with Gasteiger partial charge in [-0.25, -0.2) is 0 Å². The molecule has 0 saturated heterocycles. The average Bonchev–Trinajstić information content (AvgIpc) is 2.35. The van der Waals surface area contributed by atoms with E-state index in [0.717, 1.165) is 16.9 Å². The summed E-state index contributed by atoms with van der Waals surface area (Å²) in [5, 5.41) is 0. The minimum absolute atomic E-state index is 0.0833. The molecule has 1 aliphatic rings. The lowest BCUT2D eigenvalue weighted by Crippen LogP contribution is -2.02. The van der Waals surface area contributed by atoms with Crippen LogP contribution < -0.4 is 5.56 Å². The second-order valence-corrected chi connectivity index (χ2v) is 2.83. The molecule has 0 amide bonds. The van der Waals surface area contributed by atoms with Gasteiger partial charge in [0.05, 0.1) is 4.88 Å². The number of nitrogens with one attached hydrogen (secondary N) is 1. The Morgan fingerprint density at radius 1 is 1.67 bits per heavy atom. The standard InChI is InChI=1S/C6H5NOS/c8-6-4-2-1-3-5(4)9-7-6/h1,3H,2H2,(H,7,8). The van der Waals surface area contributed by atoms with E-state index in [-0.39, 0.29) is 5.56 Å². The van der Waals surface area contributed by atoms with Gasteiger partial charge in [0, 0.05) is 5.56 Å². The minimum Gasteiger partial charge on any atom is -0.277 e. The van der Waals surface area contributed by atoms with Crippen molar-refractivity contribution < 1.29 is 0 Å². The number of allylic oxidation sites excluding steroid dienone is 1. The third-order valence-electron chi connectivity index (χ3n) is 1.42. The van der Waals surface area contributed by atoms with E-state index in [2.05, 4.69) is 4.37 Å². The van der Waals surface area contributed by atoms with Crippen LogP contribution in [0.4, 0.5) is 0 Å². The topological polar surface area (TPSA) is 32.9 Å². The molecule has 0 atom stereocenters. The number of rotatable bonds is 0. The molecule has 2 rings (SSSR count). The van der Waals surface area contributed by atoms with E-state index in [0.29, 0.717) is 0 Å². The van der Waals surface area contributed by atoms with E-state index in [1.54, 1.807) is 0 Å². The molecule has 2 nitrogen and oxygen atoms in total. The molecule has 0 unspecified atom stereocenters. The maximum atomic E-state index is 10.8. The van der Waals surface area contributed by atoms with E-state index in [9.17, 15) is 4.79 Å². The minimum atomic E-state index is 0.0833. The highest BCUT2D eigenvalue weighted by Crippen LogP contribution is 2.17. The van der Waals surface area contributed by atoms with Crippen molar-refractivity contribution in [1.29, 1.82) is 0 Å². The zero-order valence-corrected chi connectivity index (χ0v) is 5.49. The summed E-state index contributed by atoms with van der Waals surface area (Å²) in [6, 6.07) is 0. The highest BCUT2D eigenvalue weighted by molar-refractivity contribution is 7.06. The summed E-state index contributed by atoms with van der Waals surface area (Å²) in [6.07, 6.45) is 4.81. The van der Waals surface area contributed by atoms with Crippen LogP contribution in [0.3, 0.4) is 0 Å². The van der Waals surface area contributed by atoms with E-state index in [1.165, 1.54) is 11.5 Å². The summed E-state index contributed by atoms with van der Waals surface area (Å²) in [5.41, 5.74) is 1.01. The Morgan fingerprint density at radius 3 is 3.33 bits per heavy atom. The van der Waals surface area contributed by atoms with E-state index >= 15 is 0 Å². The first-order valence-corrected chi connectivity index (χ1v) is 3.56. The number of fused-ring (bicyclic) bond motifs is 1. The van der Waals surface area contributed by atoms with Gasteiger partial charge in [0.2, 0.25) is 0 Å². The Hall–Kier alpha value is -0.830. The summed E-state index contributed by atoms with van der Waals surface area (Å²) < 4.78 is 2.67. The van der Waals surface area contributed by atoms with Gasteiger partial charge in [-0.1, -0.05) is 17.6 Å². The van der Waals surface area contributed by atoms with Crippen LogP contribution in [0, 0.1) is 0 Å². The van der Waals surface area contributed by atoms with Crippen molar-refractivity contribution in [3.63, 3.8) is 0 Å². The monoisotopic (exact) mass is 139 g/mol. The smallest absolute Gasteiger partial charge is 0.262 e. The van der Waals surface area contributed by atoms with Crippen LogP contribution in [0.25, 0.3) is 6.08 Å². The van der Waals surface area contributed by atoms with Crippen LogP contribution in [0.1, 0.15) is 10.4 Å². The number of H-pyrrole nitrogens is 1. The van der Waals surface area contributed by atoms with Crippen molar-refractivity contribution >= 4 is 17.6 Å². The lowest BCUT2D eigenvalue weighted by Gasteiger charge is -1.76. The summed E-state index contributed by atoms with van der Waals surface area (Å²) >= 11 is 1.41. The molecule has 3 heteroatoms. The third-order valence-corrected chi connectivity index (χ3v) is 2.31. The molecule has 1 heterocycles. The molecule has 1 aromatic rings. The lowest BCUT2D eigenvalue weighted by atomic mass is 10.3. The largest absolute Gasteiger partial charge is 0.277 e. The Morgan fingerprint density at radius 2 is 2.56 bits per heavy atom. The summed E-state index contributed by atoms with van der Waals surface area (Å²) in [5.74, 6) is 0. The third kappa shape index (κ3) is 0.580. The van der Waals surface area contributed by atoms with Crippen LogP contribution >= 0.6 is 11.5 Å². The zero-order valence-electron chi connectivity index (χ0n) is 4.68. The number of hydrogen-bond acceptors (Lipinski definition) is 2. The highest BCUT2D eigenvalue weighted by Gasteiger charge is 2.09. The Labute approximate surface area is 56.0 Å². The molecule has 1 aliphatic carbocycles. The molecule has 46 valence electrons. The summed E-state index contributed by atoms with van der Waals surface area (Å²) in [6.45, 7) is 0. The van der Waals surface area contributed by atoms with E-state index in [1.807, 2.05) is 12.2 Å². The molecular formula is C6H5NOS. The van der Waals surface area contributed by atoms with Crippen LogP contribution in [0.5, 0.6) is 0 Å². The first kappa shape index (κ1) is 4.99. The van der Waals surface area contributed by atoms with Crippen LogP contribution in [-0.4, -0.2) is 4.37 Å². The predicted molar refractivity (Wildman–Crippen MR) is 37.7 cm³/mol. The van der Waals surface area contributed by atoms with Crippen LogP contribution in [-0.2, 0) is 6.42 Å². The number of aromatic nitrogens is 1. The van der Waals surface area contributed by atoms with Gasteiger partial charge in [-0.2, -0.15) is 0 Å². The SMILES string of the molecule is O=c1[nH]sc2c1CC=C2. The predicted octanol–water partition coefficient (Wildman–Crippen LogP) is 1.01. The summed E-state index contributed by atoms with van der Waals surface area (Å²) in [4.78, 5) is 11.9. The Bertz CT molecular complexity index is 307. The number of aromatic amines is 1. The summed E-state index contributed by atoms with van der Waals surface area (Å²) in [7, 11) is 0. The molecule has 0 aromatic carbocycles. The van der Waals surface area contributed by atoms with Gasteiger partial charge >= 0.3 is 0 Å². The van der Waals surface area contributed by atoms with Gasteiger partial charge in [-0.05, 0) is 12.5 Å². The van der Waals surface area contributed by atoms with Gasteiger partial charge in [0.25, 0.3) is 5.56 Å². The fourth-order valence-electron chi connectivity index (χ4n) is 0.948. The fraction of sp³-hybridized carbons (Fsp3) is 0.167. The van der Waals surface area contributed by atoms with Crippen LogP contribution in [0.15, 0.2) is 10.9 Å². The van der Waals surface area contributed by atoms with E-state index in [4.69, 9.17) is 0 Å². The normalized spacial score (nSPS) is 14.2. The quantitative estimate of drug-likeness (QED) is 0.571. The van der Waals surface area contributed by atoms with Crippen molar-refractivity contribution in [2.24, 2.45) is 0 Å². The van der Waals surface area contributed by atoms with Crippen molar-refractivity contribution in [3.8, 4) is 0 Å². The first-order chi connectivity index (χ1) is 4.38. The first-order valence-electron chi connectivity index (χ1n) is 2.75. The average molecular weight is 139 g/mol. The molecule has 0 saturated carbocycles. The van der Waals surface area contributed by atoms with Gasteiger partial charge < -0.3 is 0 Å². The van der Waals surface area contributed by atoms with Crippen LogP contribution in [0.2, 0.25) is 0 Å². The molecule has 1 N–H and O–H groups in total. The van der Waals surface area contributed by atoms with Gasteiger partial charge in [0.1, 0.15) is 0 Å². The Balaban J connectivity index is 2.79. The molecule has 0 aliphatic heterocycles. The molecule has 0 spiro atoms. The maximum Gasteiger partial charge on any atom is 0.262 e. The van der Waals surface area contributed by atoms with Crippen molar-refractivity contribution in [1.82, 2.24) is 4.37 Å². The Kier molecular flexibility index (Phi) is 0.873. The maximum absolute atomic E-state index is 10.8. The molecule has 0 fully saturated rings. The number of hydrogen-bond donors (Lipinski definition) is 1. The van der Waals surface area contributed by atoms with Gasteiger partial charge in [-0.3, -0.25) is 9.17 Å². The molecule has 0 bridgehead atoms. The highest BCUT2D eigenvalue weighted by atomic mass is 32.1. The zero-order chi connectivity index (χ0) is 6.27.